The summed E-state index contributed by atoms with van der Waals surface area (Å²) in [4.78, 5) is 11.1. The van der Waals surface area contributed by atoms with Gasteiger partial charge in [0.15, 0.2) is 0 Å². The van der Waals surface area contributed by atoms with Crippen LogP contribution in [0.2, 0.25) is 0 Å². The van der Waals surface area contributed by atoms with Gasteiger partial charge in [-0.1, -0.05) is 6.07 Å². The van der Waals surface area contributed by atoms with E-state index < -0.39 is 24.3 Å². The van der Waals surface area contributed by atoms with Gasteiger partial charge in [0, 0.05) is 19.2 Å². The second-order valence-corrected chi connectivity index (χ2v) is 4.95. The molecular weight excluding hydrogens is 345 g/mol. The molecule has 0 amide bonds. The molecule has 9 heteroatoms. The quantitative estimate of drug-likeness (QED) is 0.628. The van der Waals surface area contributed by atoms with Gasteiger partial charge in [0.1, 0.15) is 0 Å². The van der Waals surface area contributed by atoms with Crippen molar-refractivity contribution in [3.05, 3.63) is 38.3 Å². The van der Waals surface area contributed by atoms with E-state index in [1.807, 2.05) is 0 Å². The topological polar surface area (TPSA) is 66.6 Å². The molecule has 0 aromatic heterocycles. The molecular formula is C11H12BrF3N2O3. The highest BCUT2D eigenvalue weighted by atomic mass is 79.9. The first kappa shape index (κ1) is 16.9. The molecule has 0 spiro atoms. The SMILES string of the molecule is O=[N+]([O-])c1cc(CN(CCO)CC(F)(F)F)ccc1Br. The second-order valence-electron chi connectivity index (χ2n) is 4.09. The van der Waals surface area contributed by atoms with Gasteiger partial charge in [-0.25, -0.2) is 0 Å². The van der Waals surface area contributed by atoms with E-state index in [0.717, 1.165) is 4.90 Å². The summed E-state index contributed by atoms with van der Waals surface area (Å²) in [6.07, 6.45) is -4.39. The summed E-state index contributed by atoms with van der Waals surface area (Å²) in [5, 5.41) is 19.5. The number of hydrogen-bond acceptors (Lipinski definition) is 4. The first-order valence-electron chi connectivity index (χ1n) is 5.55. The van der Waals surface area contributed by atoms with E-state index in [4.69, 9.17) is 5.11 Å². The summed E-state index contributed by atoms with van der Waals surface area (Å²) >= 11 is 3.00. The molecule has 0 aliphatic carbocycles. The Kier molecular flexibility index (Phi) is 5.90. The smallest absolute Gasteiger partial charge is 0.395 e. The Balaban J connectivity index is 2.88. The van der Waals surface area contributed by atoms with Crippen molar-refractivity contribution in [1.29, 1.82) is 0 Å². The maximum Gasteiger partial charge on any atom is 0.401 e. The minimum Gasteiger partial charge on any atom is -0.395 e. The Labute approximate surface area is 121 Å². The average Bonchev–Trinajstić information content (AvgIpc) is 2.29. The molecule has 0 fully saturated rings. The molecule has 1 N–H and O–H groups in total. The maximum atomic E-state index is 12.4. The van der Waals surface area contributed by atoms with E-state index in [9.17, 15) is 23.3 Å². The molecule has 1 aromatic rings. The van der Waals surface area contributed by atoms with Gasteiger partial charge in [0.05, 0.1) is 22.5 Å². The standard InChI is InChI=1S/C11H12BrF3N2O3/c12-9-2-1-8(5-10(9)17(19)20)6-16(3-4-18)7-11(13,14)15/h1-2,5,18H,3-4,6-7H2. The third-order valence-corrected chi connectivity index (χ3v) is 3.10. The molecule has 1 aromatic carbocycles. The predicted octanol–water partition coefficient (Wildman–Crippen LogP) is 2.71. The molecule has 0 atom stereocenters. The number of nitro benzene ring substituents is 1. The van der Waals surface area contributed by atoms with Gasteiger partial charge < -0.3 is 5.11 Å². The highest BCUT2D eigenvalue weighted by Crippen LogP contribution is 2.26. The van der Waals surface area contributed by atoms with Gasteiger partial charge in [-0.2, -0.15) is 13.2 Å². The maximum absolute atomic E-state index is 12.4. The van der Waals surface area contributed by atoms with Crippen LogP contribution in [0, 0.1) is 10.1 Å². The number of rotatable bonds is 6. The van der Waals surface area contributed by atoms with Crippen molar-refractivity contribution in [2.45, 2.75) is 12.7 Å². The lowest BCUT2D eigenvalue weighted by molar-refractivity contribution is -0.385. The van der Waals surface area contributed by atoms with Crippen LogP contribution in [0.3, 0.4) is 0 Å². The molecule has 112 valence electrons. The lowest BCUT2D eigenvalue weighted by Crippen LogP contribution is -2.35. The zero-order chi connectivity index (χ0) is 15.3. The summed E-state index contributed by atoms with van der Waals surface area (Å²) in [7, 11) is 0. The molecule has 5 nitrogen and oxygen atoms in total. The molecule has 20 heavy (non-hydrogen) atoms. The number of nitro groups is 1. The summed E-state index contributed by atoms with van der Waals surface area (Å²) in [6.45, 7) is -1.90. The van der Waals surface area contributed by atoms with Crippen molar-refractivity contribution >= 4 is 21.6 Å². The van der Waals surface area contributed by atoms with Crippen LogP contribution in [0.15, 0.2) is 22.7 Å². The van der Waals surface area contributed by atoms with Crippen LogP contribution in [0.4, 0.5) is 18.9 Å². The molecule has 0 bridgehead atoms. The monoisotopic (exact) mass is 356 g/mol. The molecule has 0 saturated heterocycles. The number of benzene rings is 1. The molecule has 0 radical (unpaired) electrons. The Morgan fingerprint density at radius 1 is 1.40 bits per heavy atom. The van der Waals surface area contributed by atoms with Crippen LogP contribution in [0.1, 0.15) is 5.56 Å². The zero-order valence-corrected chi connectivity index (χ0v) is 11.8. The summed E-state index contributed by atoms with van der Waals surface area (Å²) in [5.41, 5.74) is 0.163. The van der Waals surface area contributed by atoms with Gasteiger partial charge >= 0.3 is 6.18 Å². The van der Waals surface area contributed by atoms with Gasteiger partial charge in [0.25, 0.3) is 5.69 Å². The first-order chi connectivity index (χ1) is 9.23. The van der Waals surface area contributed by atoms with E-state index >= 15 is 0 Å². The van der Waals surface area contributed by atoms with Crippen molar-refractivity contribution in [1.82, 2.24) is 4.90 Å². The van der Waals surface area contributed by atoms with Crippen LogP contribution < -0.4 is 0 Å². The zero-order valence-electron chi connectivity index (χ0n) is 10.2. The van der Waals surface area contributed by atoms with Crippen molar-refractivity contribution in [3.8, 4) is 0 Å². The average molecular weight is 357 g/mol. The van der Waals surface area contributed by atoms with E-state index in [-0.39, 0.29) is 23.2 Å². The summed E-state index contributed by atoms with van der Waals surface area (Å²) < 4.78 is 37.4. The van der Waals surface area contributed by atoms with E-state index in [1.165, 1.54) is 18.2 Å². The third-order valence-electron chi connectivity index (χ3n) is 2.43. The van der Waals surface area contributed by atoms with E-state index in [1.54, 1.807) is 0 Å². The van der Waals surface area contributed by atoms with Crippen LogP contribution in [-0.2, 0) is 6.54 Å². The van der Waals surface area contributed by atoms with Gasteiger partial charge in [-0.05, 0) is 27.6 Å². The fourth-order valence-electron chi connectivity index (χ4n) is 1.66. The molecule has 1 rings (SSSR count). The summed E-state index contributed by atoms with van der Waals surface area (Å²) in [6, 6.07) is 4.13. The fraction of sp³-hybridized carbons (Fsp3) is 0.455. The Morgan fingerprint density at radius 2 is 2.05 bits per heavy atom. The third kappa shape index (κ3) is 5.43. The molecule has 0 saturated carbocycles. The van der Waals surface area contributed by atoms with Gasteiger partial charge in [-0.15, -0.1) is 0 Å². The van der Waals surface area contributed by atoms with Crippen LogP contribution >= 0.6 is 15.9 Å². The van der Waals surface area contributed by atoms with Crippen LogP contribution in [0.5, 0.6) is 0 Å². The molecule has 0 aliphatic heterocycles. The predicted molar refractivity (Wildman–Crippen MR) is 69.2 cm³/mol. The lowest BCUT2D eigenvalue weighted by Gasteiger charge is -2.22. The minimum atomic E-state index is -4.39. The number of hydrogen-bond donors (Lipinski definition) is 1. The highest BCUT2D eigenvalue weighted by molar-refractivity contribution is 9.10. The fourth-order valence-corrected chi connectivity index (χ4v) is 2.06. The number of alkyl halides is 3. The first-order valence-corrected chi connectivity index (χ1v) is 6.35. The molecule has 0 unspecified atom stereocenters. The van der Waals surface area contributed by atoms with Crippen molar-refractivity contribution in [2.75, 3.05) is 19.7 Å². The number of halogens is 4. The molecule has 0 aliphatic rings. The minimum absolute atomic E-state index is 0.131. The van der Waals surface area contributed by atoms with E-state index in [0.29, 0.717) is 5.56 Å². The summed E-state index contributed by atoms with van der Waals surface area (Å²) in [5.74, 6) is 0. The lowest BCUT2D eigenvalue weighted by atomic mass is 10.2. The van der Waals surface area contributed by atoms with Gasteiger partial charge in [0.2, 0.25) is 0 Å². The Hall–Kier alpha value is -1.19. The second kappa shape index (κ2) is 7.00. The van der Waals surface area contributed by atoms with Crippen molar-refractivity contribution < 1.29 is 23.2 Å². The van der Waals surface area contributed by atoms with E-state index in [2.05, 4.69) is 15.9 Å². The number of aliphatic hydroxyl groups excluding tert-OH is 1. The van der Waals surface area contributed by atoms with Crippen LogP contribution in [0.25, 0.3) is 0 Å². The van der Waals surface area contributed by atoms with Crippen molar-refractivity contribution in [3.63, 3.8) is 0 Å². The van der Waals surface area contributed by atoms with Gasteiger partial charge in [-0.3, -0.25) is 15.0 Å². The molecule has 0 heterocycles. The highest BCUT2D eigenvalue weighted by Gasteiger charge is 2.30. The number of aliphatic hydroxyl groups is 1. The Morgan fingerprint density at radius 3 is 2.55 bits per heavy atom. The van der Waals surface area contributed by atoms with Crippen LogP contribution in [-0.4, -0.2) is 40.8 Å². The Bertz CT molecular complexity index is 482. The van der Waals surface area contributed by atoms with Crippen molar-refractivity contribution in [2.24, 2.45) is 0 Å². The number of nitrogens with zero attached hydrogens (tertiary/aromatic N) is 2. The normalized spacial score (nSPS) is 11.9. The largest absolute Gasteiger partial charge is 0.401 e.